The van der Waals surface area contributed by atoms with Gasteiger partial charge in [0.2, 0.25) is 5.91 Å². The van der Waals surface area contributed by atoms with Gasteiger partial charge in [0.25, 0.3) is 0 Å². The first-order chi connectivity index (χ1) is 5.65. The van der Waals surface area contributed by atoms with Crippen LogP contribution < -0.4 is 5.73 Å². The summed E-state index contributed by atoms with van der Waals surface area (Å²) in [6.45, 7) is 1.66. The van der Waals surface area contributed by atoms with Gasteiger partial charge in [0.1, 0.15) is 5.01 Å². The molecule has 0 bridgehead atoms. The van der Waals surface area contributed by atoms with Gasteiger partial charge in [0, 0.05) is 6.20 Å². The van der Waals surface area contributed by atoms with E-state index >= 15 is 0 Å². The van der Waals surface area contributed by atoms with Crippen molar-refractivity contribution in [3.63, 3.8) is 0 Å². The van der Waals surface area contributed by atoms with Crippen LogP contribution in [-0.2, 0) is 11.4 Å². The third-order valence-electron chi connectivity index (χ3n) is 1.52. The monoisotopic (exact) mass is 186 g/mol. The van der Waals surface area contributed by atoms with Crippen molar-refractivity contribution in [2.75, 3.05) is 0 Å². The highest BCUT2D eigenvalue weighted by molar-refractivity contribution is 7.11. The van der Waals surface area contributed by atoms with Gasteiger partial charge in [0.15, 0.2) is 0 Å². The summed E-state index contributed by atoms with van der Waals surface area (Å²) < 4.78 is 0. The van der Waals surface area contributed by atoms with E-state index in [1.54, 1.807) is 13.1 Å². The van der Waals surface area contributed by atoms with Crippen molar-refractivity contribution in [2.45, 2.75) is 19.4 Å². The molecule has 0 aliphatic heterocycles. The molecule has 5 heteroatoms. The summed E-state index contributed by atoms with van der Waals surface area (Å²) in [6.07, 6.45) is 1.56. The minimum Gasteiger partial charge on any atom is -0.391 e. The van der Waals surface area contributed by atoms with Crippen molar-refractivity contribution < 1.29 is 9.90 Å². The lowest BCUT2D eigenvalue weighted by Gasteiger charge is -2.00. The molecule has 1 unspecified atom stereocenters. The molecule has 0 aromatic carbocycles. The third kappa shape index (κ3) is 1.80. The number of thiazole rings is 1. The van der Waals surface area contributed by atoms with E-state index < -0.39 is 5.91 Å². The van der Waals surface area contributed by atoms with Gasteiger partial charge in [-0.1, -0.05) is 0 Å². The number of carbonyl (C=O) groups is 1. The van der Waals surface area contributed by atoms with E-state index in [1.165, 1.54) is 11.3 Å². The van der Waals surface area contributed by atoms with Crippen LogP contribution in [0.3, 0.4) is 0 Å². The normalized spacial score (nSPS) is 12.8. The molecule has 0 saturated heterocycles. The lowest BCUT2D eigenvalue weighted by molar-refractivity contribution is -0.119. The molecule has 0 saturated carbocycles. The smallest absolute Gasteiger partial charge is 0.227 e. The number of nitrogens with zero attached hydrogens (tertiary/aromatic N) is 1. The minimum atomic E-state index is -0.395. The molecule has 4 nitrogen and oxygen atoms in total. The third-order valence-corrected chi connectivity index (χ3v) is 2.69. The van der Waals surface area contributed by atoms with Crippen LogP contribution in [0.4, 0.5) is 0 Å². The van der Waals surface area contributed by atoms with Gasteiger partial charge < -0.3 is 10.8 Å². The molecule has 3 N–H and O–H groups in total. The Bertz CT molecular complexity index is 285. The molecular formula is C7H10N2O2S. The highest BCUT2D eigenvalue weighted by atomic mass is 32.1. The zero-order chi connectivity index (χ0) is 9.14. The summed E-state index contributed by atoms with van der Waals surface area (Å²) in [4.78, 5) is 15.4. The predicted octanol–water partition coefficient (Wildman–Crippen LogP) is 0.224. The Labute approximate surface area is 74.0 Å². The van der Waals surface area contributed by atoms with Gasteiger partial charge in [-0.2, -0.15) is 0 Å². The van der Waals surface area contributed by atoms with Crippen LogP contribution in [0.15, 0.2) is 6.20 Å². The van der Waals surface area contributed by atoms with Gasteiger partial charge in [-0.15, -0.1) is 11.3 Å². The number of aromatic nitrogens is 1. The lowest BCUT2D eigenvalue weighted by Crippen LogP contribution is -2.18. The van der Waals surface area contributed by atoms with E-state index in [0.717, 1.165) is 4.88 Å². The maximum Gasteiger partial charge on any atom is 0.227 e. The molecule has 1 atom stereocenters. The standard InChI is InChI=1S/C7H10N2O2S/c1-4(6(8)11)7-9-2-5(3-10)12-7/h2,4,10H,3H2,1H3,(H2,8,11). The largest absolute Gasteiger partial charge is 0.391 e. The molecule has 1 aromatic heterocycles. The van der Waals surface area contributed by atoms with Gasteiger partial charge in [-0.05, 0) is 6.92 Å². The molecule has 1 aromatic rings. The number of nitrogens with two attached hydrogens (primary N) is 1. The average Bonchev–Trinajstić information content (AvgIpc) is 2.50. The fourth-order valence-corrected chi connectivity index (χ4v) is 1.55. The second kappa shape index (κ2) is 3.64. The van der Waals surface area contributed by atoms with Crippen LogP contribution in [0.25, 0.3) is 0 Å². The topological polar surface area (TPSA) is 76.2 Å². The number of hydrogen-bond donors (Lipinski definition) is 2. The van der Waals surface area contributed by atoms with Crippen LogP contribution in [0.2, 0.25) is 0 Å². The van der Waals surface area contributed by atoms with Crippen molar-refractivity contribution in [3.8, 4) is 0 Å². The number of amides is 1. The van der Waals surface area contributed by atoms with Gasteiger partial charge in [-0.25, -0.2) is 4.98 Å². The molecular weight excluding hydrogens is 176 g/mol. The van der Waals surface area contributed by atoms with Gasteiger partial charge in [-0.3, -0.25) is 4.79 Å². The highest BCUT2D eigenvalue weighted by Crippen LogP contribution is 2.20. The molecule has 1 heterocycles. The van der Waals surface area contributed by atoms with Gasteiger partial charge >= 0.3 is 0 Å². The van der Waals surface area contributed by atoms with Crippen LogP contribution in [0.5, 0.6) is 0 Å². The molecule has 0 spiro atoms. The summed E-state index contributed by atoms with van der Waals surface area (Å²) in [6, 6.07) is 0. The average molecular weight is 186 g/mol. The molecule has 1 amide bonds. The van der Waals surface area contributed by atoms with Crippen LogP contribution >= 0.6 is 11.3 Å². The SMILES string of the molecule is CC(C(N)=O)c1ncc(CO)s1. The molecule has 1 rings (SSSR count). The number of aliphatic hydroxyl groups excluding tert-OH is 1. The first-order valence-corrected chi connectivity index (χ1v) is 4.31. The summed E-state index contributed by atoms with van der Waals surface area (Å²) in [5.41, 5.74) is 5.08. The number of carbonyl (C=O) groups excluding carboxylic acids is 1. The Morgan fingerprint density at radius 1 is 1.92 bits per heavy atom. The van der Waals surface area contributed by atoms with Crippen molar-refractivity contribution in [2.24, 2.45) is 5.73 Å². The molecule has 12 heavy (non-hydrogen) atoms. The fourth-order valence-electron chi connectivity index (χ4n) is 0.718. The predicted molar refractivity (Wildman–Crippen MR) is 45.6 cm³/mol. The fraction of sp³-hybridized carbons (Fsp3) is 0.429. The van der Waals surface area contributed by atoms with Crippen molar-refractivity contribution in [1.29, 1.82) is 0 Å². The van der Waals surface area contributed by atoms with Crippen molar-refractivity contribution in [3.05, 3.63) is 16.1 Å². The molecule has 66 valence electrons. The Balaban J connectivity index is 2.81. The zero-order valence-corrected chi connectivity index (χ0v) is 7.47. The van der Waals surface area contributed by atoms with Crippen LogP contribution in [0, 0.1) is 0 Å². The number of aliphatic hydroxyl groups is 1. The quantitative estimate of drug-likeness (QED) is 0.709. The van der Waals surface area contributed by atoms with E-state index in [-0.39, 0.29) is 12.5 Å². The summed E-state index contributed by atoms with van der Waals surface area (Å²) >= 11 is 1.31. The second-order valence-electron chi connectivity index (χ2n) is 2.45. The second-order valence-corrected chi connectivity index (χ2v) is 3.59. The zero-order valence-electron chi connectivity index (χ0n) is 6.65. The van der Waals surface area contributed by atoms with Crippen LogP contribution in [0.1, 0.15) is 22.7 Å². The van der Waals surface area contributed by atoms with Crippen molar-refractivity contribution >= 4 is 17.2 Å². The van der Waals surface area contributed by atoms with Crippen LogP contribution in [-0.4, -0.2) is 16.0 Å². The van der Waals surface area contributed by atoms with E-state index in [4.69, 9.17) is 10.8 Å². The number of hydrogen-bond acceptors (Lipinski definition) is 4. The molecule has 0 fully saturated rings. The Morgan fingerprint density at radius 3 is 3.00 bits per heavy atom. The van der Waals surface area contributed by atoms with Gasteiger partial charge in [0.05, 0.1) is 17.4 Å². The van der Waals surface area contributed by atoms with E-state index in [9.17, 15) is 4.79 Å². The summed E-state index contributed by atoms with van der Waals surface area (Å²) in [5.74, 6) is -0.760. The molecule has 0 aliphatic carbocycles. The molecule has 0 aliphatic rings. The molecule has 0 radical (unpaired) electrons. The number of rotatable bonds is 3. The first-order valence-electron chi connectivity index (χ1n) is 3.50. The van der Waals surface area contributed by atoms with Crippen molar-refractivity contribution in [1.82, 2.24) is 4.98 Å². The Hall–Kier alpha value is -0.940. The van der Waals surface area contributed by atoms with E-state index in [0.29, 0.717) is 5.01 Å². The Kier molecular flexibility index (Phi) is 2.78. The minimum absolute atomic E-state index is 0.0385. The van der Waals surface area contributed by atoms with E-state index in [2.05, 4.69) is 4.98 Å². The lowest BCUT2D eigenvalue weighted by atomic mass is 10.2. The summed E-state index contributed by atoms with van der Waals surface area (Å²) in [5, 5.41) is 9.38. The first kappa shape index (κ1) is 9.15. The van der Waals surface area contributed by atoms with E-state index in [1.807, 2.05) is 0 Å². The maximum atomic E-state index is 10.7. The summed E-state index contributed by atoms with van der Waals surface area (Å²) in [7, 11) is 0. The number of primary amides is 1. The highest BCUT2D eigenvalue weighted by Gasteiger charge is 2.15. The maximum absolute atomic E-state index is 10.7. The Morgan fingerprint density at radius 2 is 2.58 bits per heavy atom.